The van der Waals surface area contributed by atoms with Crippen LogP contribution >= 0.6 is 0 Å². The lowest BCUT2D eigenvalue weighted by Gasteiger charge is -2.16. The number of hydrogen-bond acceptors (Lipinski definition) is 4. The Balaban J connectivity index is 3.33. The molecule has 0 aromatic rings. The van der Waals surface area contributed by atoms with Gasteiger partial charge in [0.05, 0.1) is 13.2 Å². The van der Waals surface area contributed by atoms with Gasteiger partial charge in [-0.15, -0.1) is 0 Å². The van der Waals surface area contributed by atoms with Crippen molar-refractivity contribution in [2.45, 2.75) is 103 Å². The Kier molecular flexibility index (Phi) is 19.2. The molecule has 0 aromatic heterocycles. The summed E-state index contributed by atoms with van der Waals surface area (Å²) in [6, 6.07) is 0. The predicted molar refractivity (Wildman–Crippen MR) is 104 cm³/mol. The molecule has 0 saturated carbocycles. The minimum atomic E-state index is -0.288. The summed E-state index contributed by atoms with van der Waals surface area (Å²) in [5.74, 6) is -0.137. The number of carbonyl (C=O) groups excluding carboxylic acids is 1. The molecule has 0 rings (SSSR count). The zero-order chi connectivity index (χ0) is 18.6. The van der Waals surface area contributed by atoms with Crippen LogP contribution in [0.5, 0.6) is 0 Å². The van der Waals surface area contributed by atoms with Gasteiger partial charge in [0, 0.05) is 20.6 Å². The van der Waals surface area contributed by atoms with Crippen LogP contribution < -0.4 is 0 Å². The van der Waals surface area contributed by atoms with Crippen LogP contribution in [0.1, 0.15) is 96.8 Å². The maximum absolute atomic E-state index is 11.8. The first-order valence-electron chi connectivity index (χ1n) is 10.4. The van der Waals surface area contributed by atoms with Gasteiger partial charge in [-0.3, -0.25) is 4.79 Å². The van der Waals surface area contributed by atoms with Gasteiger partial charge in [0.2, 0.25) is 0 Å². The van der Waals surface area contributed by atoms with Crippen LogP contribution in [0.15, 0.2) is 0 Å². The second-order valence-corrected chi connectivity index (χ2v) is 7.02. The van der Waals surface area contributed by atoms with Crippen LogP contribution in [0.25, 0.3) is 0 Å². The maximum Gasteiger partial charge on any atom is 0.306 e. The predicted octanol–water partition coefficient (Wildman–Crippen LogP) is 5.67. The second kappa shape index (κ2) is 19.7. The first kappa shape index (κ1) is 24.4. The van der Waals surface area contributed by atoms with Gasteiger partial charge in [-0.25, -0.2) is 0 Å². The van der Waals surface area contributed by atoms with Crippen molar-refractivity contribution in [3.8, 4) is 0 Å². The lowest BCUT2D eigenvalue weighted by Crippen LogP contribution is -2.27. The molecule has 0 aliphatic rings. The van der Waals surface area contributed by atoms with Crippen LogP contribution in [-0.2, 0) is 19.0 Å². The highest BCUT2D eigenvalue weighted by Crippen LogP contribution is 2.13. The molecule has 0 heterocycles. The van der Waals surface area contributed by atoms with Crippen molar-refractivity contribution in [2.75, 3.05) is 27.4 Å². The van der Waals surface area contributed by atoms with Crippen LogP contribution in [0, 0.1) is 0 Å². The van der Waals surface area contributed by atoms with Crippen LogP contribution in [0.3, 0.4) is 0 Å². The molecule has 4 nitrogen and oxygen atoms in total. The number of unbranched alkanes of at least 4 members (excludes halogenated alkanes) is 12. The first-order chi connectivity index (χ1) is 12.2. The third-order valence-corrected chi connectivity index (χ3v) is 4.49. The van der Waals surface area contributed by atoms with E-state index < -0.39 is 0 Å². The average Bonchev–Trinajstić information content (AvgIpc) is 2.59. The van der Waals surface area contributed by atoms with Gasteiger partial charge >= 0.3 is 5.97 Å². The Morgan fingerprint density at radius 2 is 1.08 bits per heavy atom. The SMILES string of the molecule is CCCCCCCCCCCCCCCC(=O)OC(COC)COC. The lowest BCUT2D eigenvalue weighted by molar-refractivity contribution is -0.154. The van der Waals surface area contributed by atoms with Gasteiger partial charge in [-0.1, -0.05) is 84.0 Å². The quantitative estimate of drug-likeness (QED) is 0.220. The fourth-order valence-corrected chi connectivity index (χ4v) is 3.02. The van der Waals surface area contributed by atoms with Crippen LogP contribution in [0.2, 0.25) is 0 Å². The number of ether oxygens (including phenoxy) is 3. The van der Waals surface area contributed by atoms with Crippen molar-refractivity contribution in [1.29, 1.82) is 0 Å². The normalized spacial score (nSPS) is 11.2. The van der Waals surface area contributed by atoms with Crippen LogP contribution in [-0.4, -0.2) is 39.5 Å². The molecule has 0 spiro atoms. The highest BCUT2D eigenvalue weighted by atomic mass is 16.6. The zero-order valence-electron chi connectivity index (χ0n) is 17.0. The summed E-state index contributed by atoms with van der Waals surface area (Å²) >= 11 is 0. The average molecular weight is 359 g/mol. The fraction of sp³-hybridized carbons (Fsp3) is 0.952. The number of hydrogen-bond donors (Lipinski definition) is 0. The Morgan fingerprint density at radius 3 is 1.48 bits per heavy atom. The molecule has 0 atom stereocenters. The van der Waals surface area contributed by atoms with E-state index in [0.29, 0.717) is 19.6 Å². The maximum atomic E-state index is 11.8. The third-order valence-electron chi connectivity index (χ3n) is 4.49. The molecule has 0 aliphatic heterocycles. The van der Waals surface area contributed by atoms with E-state index in [1.165, 1.54) is 70.6 Å². The monoisotopic (exact) mass is 358 g/mol. The number of methoxy groups -OCH3 is 2. The summed E-state index contributed by atoms with van der Waals surface area (Å²) in [5, 5.41) is 0. The highest BCUT2D eigenvalue weighted by Gasteiger charge is 2.13. The Labute approximate surface area is 156 Å². The zero-order valence-corrected chi connectivity index (χ0v) is 17.0. The van der Waals surface area contributed by atoms with Crippen LogP contribution in [0.4, 0.5) is 0 Å². The highest BCUT2D eigenvalue weighted by molar-refractivity contribution is 5.69. The van der Waals surface area contributed by atoms with E-state index >= 15 is 0 Å². The molecular formula is C21H42O4. The van der Waals surface area contributed by atoms with E-state index in [-0.39, 0.29) is 12.1 Å². The summed E-state index contributed by atoms with van der Waals surface area (Å²) in [7, 11) is 3.20. The molecule has 150 valence electrons. The number of esters is 1. The first-order valence-corrected chi connectivity index (χ1v) is 10.4. The van der Waals surface area contributed by atoms with E-state index in [1.807, 2.05) is 0 Å². The molecule has 0 amide bonds. The summed E-state index contributed by atoms with van der Waals surface area (Å²) in [4.78, 5) is 11.8. The van der Waals surface area contributed by atoms with Gasteiger partial charge < -0.3 is 14.2 Å². The minimum Gasteiger partial charge on any atom is -0.457 e. The van der Waals surface area contributed by atoms with Crippen molar-refractivity contribution in [2.24, 2.45) is 0 Å². The van der Waals surface area contributed by atoms with Crippen molar-refractivity contribution in [3.63, 3.8) is 0 Å². The van der Waals surface area contributed by atoms with E-state index in [1.54, 1.807) is 14.2 Å². The Morgan fingerprint density at radius 1 is 0.680 bits per heavy atom. The van der Waals surface area contributed by atoms with Crippen molar-refractivity contribution in [3.05, 3.63) is 0 Å². The van der Waals surface area contributed by atoms with E-state index in [0.717, 1.165) is 12.8 Å². The van der Waals surface area contributed by atoms with E-state index in [4.69, 9.17) is 14.2 Å². The van der Waals surface area contributed by atoms with E-state index in [2.05, 4.69) is 6.92 Å². The molecule has 0 N–H and O–H groups in total. The van der Waals surface area contributed by atoms with Gasteiger partial charge in [0.15, 0.2) is 0 Å². The molecule has 4 heteroatoms. The van der Waals surface area contributed by atoms with Gasteiger partial charge in [0.25, 0.3) is 0 Å². The molecule has 0 aliphatic carbocycles. The molecule has 0 radical (unpaired) electrons. The molecule has 0 unspecified atom stereocenters. The minimum absolute atomic E-state index is 0.137. The van der Waals surface area contributed by atoms with Crippen molar-refractivity contribution >= 4 is 5.97 Å². The standard InChI is InChI=1S/C21H42O4/c1-4-5-6-7-8-9-10-11-12-13-14-15-16-17-21(22)25-20(18-23-2)19-24-3/h20H,4-19H2,1-3H3. The van der Waals surface area contributed by atoms with Crippen molar-refractivity contribution < 1.29 is 19.0 Å². The lowest BCUT2D eigenvalue weighted by atomic mass is 10.0. The summed E-state index contributed by atoms with van der Waals surface area (Å²) < 4.78 is 15.4. The molecular weight excluding hydrogens is 316 g/mol. The molecule has 0 fully saturated rings. The fourth-order valence-electron chi connectivity index (χ4n) is 3.02. The molecule has 0 bridgehead atoms. The molecule has 0 saturated heterocycles. The second-order valence-electron chi connectivity index (χ2n) is 7.02. The Bertz CT molecular complexity index is 275. The summed E-state index contributed by atoms with van der Waals surface area (Å²) in [6.07, 6.45) is 17.2. The third kappa shape index (κ3) is 18.0. The largest absolute Gasteiger partial charge is 0.457 e. The molecule has 25 heavy (non-hydrogen) atoms. The van der Waals surface area contributed by atoms with E-state index in [9.17, 15) is 4.79 Å². The molecule has 0 aromatic carbocycles. The summed E-state index contributed by atoms with van der Waals surface area (Å²) in [6.45, 7) is 3.04. The smallest absolute Gasteiger partial charge is 0.306 e. The van der Waals surface area contributed by atoms with Gasteiger partial charge in [-0.2, -0.15) is 0 Å². The number of rotatable bonds is 19. The topological polar surface area (TPSA) is 44.8 Å². The number of carbonyl (C=O) groups is 1. The summed E-state index contributed by atoms with van der Waals surface area (Å²) in [5.41, 5.74) is 0. The van der Waals surface area contributed by atoms with Gasteiger partial charge in [0.1, 0.15) is 6.10 Å². The van der Waals surface area contributed by atoms with Crippen molar-refractivity contribution in [1.82, 2.24) is 0 Å². The van der Waals surface area contributed by atoms with Gasteiger partial charge in [-0.05, 0) is 6.42 Å². The Hall–Kier alpha value is -0.610.